The zero-order valence-corrected chi connectivity index (χ0v) is 12.1. The first-order valence-corrected chi connectivity index (χ1v) is 7.37. The predicted octanol–water partition coefficient (Wildman–Crippen LogP) is 3.05. The number of rotatable bonds is 4. The van der Waals surface area contributed by atoms with Crippen molar-refractivity contribution in [1.29, 1.82) is 0 Å². The average Bonchev–Trinajstić information content (AvgIpc) is 2.90. The summed E-state index contributed by atoms with van der Waals surface area (Å²) in [4.78, 5) is 3.31. The molecule has 2 aromatic carbocycles. The fourth-order valence-electron chi connectivity index (χ4n) is 2.27. The molecule has 0 saturated carbocycles. The van der Waals surface area contributed by atoms with Crippen LogP contribution in [0, 0.1) is 0 Å². The van der Waals surface area contributed by atoms with Crippen molar-refractivity contribution < 1.29 is 13.5 Å². The third kappa shape index (κ3) is 2.76. The van der Waals surface area contributed by atoms with Crippen LogP contribution < -0.4 is 9.46 Å². The molecule has 0 aliphatic heterocycles. The van der Waals surface area contributed by atoms with E-state index in [0.29, 0.717) is 11.4 Å². The van der Waals surface area contributed by atoms with Crippen LogP contribution in [0.3, 0.4) is 0 Å². The number of benzene rings is 2. The largest absolute Gasteiger partial charge is 0.755 e. The number of hydrogen-bond donors (Lipinski definition) is 2. The maximum Gasteiger partial charge on any atom is 0.142 e. The molecule has 1 aromatic heterocycles. The van der Waals surface area contributed by atoms with Gasteiger partial charge in [0.1, 0.15) is 5.75 Å². The molecule has 1 atom stereocenters. The molecule has 0 saturated heterocycles. The van der Waals surface area contributed by atoms with Crippen molar-refractivity contribution in [3.63, 3.8) is 0 Å². The molecule has 0 bridgehead atoms. The first kappa shape index (κ1) is 13.7. The first-order valence-electron chi connectivity index (χ1n) is 6.29. The van der Waals surface area contributed by atoms with Gasteiger partial charge in [0, 0.05) is 33.4 Å². The zero-order chi connectivity index (χ0) is 14.8. The lowest BCUT2D eigenvalue weighted by atomic mass is 10.1. The van der Waals surface area contributed by atoms with E-state index in [-0.39, 0.29) is 0 Å². The molecule has 1 heterocycles. The van der Waals surface area contributed by atoms with E-state index in [1.54, 1.807) is 12.1 Å². The zero-order valence-electron chi connectivity index (χ0n) is 11.3. The number of anilines is 1. The summed E-state index contributed by atoms with van der Waals surface area (Å²) in [6, 6.07) is 15.3. The third-order valence-electron chi connectivity index (χ3n) is 3.23. The van der Waals surface area contributed by atoms with Gasteiger partial charge in [-0.05, 0) is 30.3 Å². The molecular weight excluding hydrogens is 288 g/mol. The minimum absolute atomic E-state index is 0.405. The number of H-pyrrole nitrogens is 1. The smallest absolute Gasteiger partial charge is 0.142 e. The Morgan fingerprint density at radius 2 is 2.00 bits per heavy atom. The van der Waals surface area contributed by atoms with Gasteiger partial charge in [0.15, 0.2) is 0 Å². The van der Waals surface area contributed by atoms with Crippen molar-refractivity contribution in [3.05, 3.63) is 48.5 Å². The Hall–Kier alpha value is -2.31. The van der Waals surface area contributed by atoms with Crippen molar-refractivity contribution in [2.45, 2.75) is 0 Å². The highest BCUT2D eigenvalue weighted by atomic mass is 32.2. The molecule has 5 nitrogen and oxygen atoms in total. The Morgan fingerprint density at radius 3 is 2.71 bits per heavy atom. The Balaban J connectivity index is 2.07. The summed E-state index contributed by atoms with van der Waals surface area (Å²) in [5.41, 5.74) is 3.23. The van der Waals surface area contributed by atoms with Gasteiger partial charge in [-0.1, -0.05) is 18.2 Å². The lowest BCUT2D eigenvalue weighted by Gasteiger charge is -2.13. The molecule has 3 rings (SSSR count). The number of aromatic amines is 1. The van der Waals surface area contributed by atoms with Crippen LogP contribution in [0.5, 0.6) is 5.75 Å². The van der Waals surface area contributed by atoms with Gasteiger partial charge in [0.25, 0.3) is 0 Å². The number of aromatic nitrogens is 1. The van der Waals surface area contributed by atoms with Crippen LogP contribution in [0.2, 0.25) is 0 Å². The average molecular weight is 301 g/mol. The van der Waals surface area contributed by atoms with E-state index in [9.17, 15) is 8.76 Å². The van der Waals surface area contributed by atoms with Gasteiger partial charge in [0.2, 0.25) is 0 Å². The van der Waals surface area contributed by atoms with E-state index in [4.69, 9.17) is 4.74 Å². The first-order chi connectivity index (χ1) is 10.2. The summed E-state index contributed by atoms with van der Waals surface area (Å²) in [6.45, 7) is 0. The molecule has 6 heteroatoms. The van der Waals surface area contributed by atoms with Crippen molar-refractivity contribution in [3.8, 4) is 17.0 Å². The summed E-state index contributed by atoms with van der Waals surface area (Å²) in [7, 11) is 1.50. The molecule has 0 radical (unpaired) electrons. The number of hydrogen-bond acceptors (Lipinski definition) is 3. The topological polar surface area (TPSA) is 77.2 Å². The summed E-state index contributed by atoms with van der Waals surface area (Å²) in [6.07, 6.45) is 0. The van der Waals surface area contributed by atoms with Gasteiger partial charge >= 0.3 is 0 Å². The number of ether oxygens (including phenoxy) is 1. The SMILES string of the molecule is COc1ccc(-c2cc3ccccc3[nH]2)cc1NS(=O)[O-]. The molecular formula is C15H13N2O3S-. The minimum atomic E-state index is -2.40. The Kier molecular flexibility index (Phi) is 3.64. The van der Waals surface area contributed by atoms with Gasteiger partial charge in [-0.25, -0.2) is 0 Å². The lowest BCUT2D eigenvalue weighted by molar-refractivity contribution is 0.417. The van der Waals surface area contributed by atoms with Gasteiger partial charge in [-0.3, -0.25) is 4.21 Å². The number of methoxy groups -OCH3 is 1. The minimum Gasteiger partial charge on any atom is -0.755 e. The van der Waals surface area contributed by atoms with Gasteiger partial charge in [-0.2, -0.15) is 0 Å². The van der Waals surface area contributed by atoms with Crippen molar-refractivity contribution >= 4 is 27.9 Å². The summed E-state index contributed by atoms with van der Waals surface area (Å²) >= 11 is -2.40. The van der Waals surface area contributed by atoms with E-state index in [1.165, 1.54) is 7.11 Å². The molecule has 2 N–H and O–H groups in total. The van der Waals surface area contributed by atoms with E-state index >= 15 is 0 Å². The maximum atomic E-state index is 10.9. The molecule has 108 valence electrons. The number of fused-ring (bicyclic) bond motifs is 1. The van der Waals surface area contributed by atoms with Crippen LogP contribution >= 0.6 is 0 Å². The van der Waals surface area contributed by atoms with Crippen LogP contribution in [0.1, 0.15) is 0 Å². The second kappa shape index (κ2) is 5.59. The predicted molar refractivity (Wildman–Crippen MR) is 82.8 cm³/mol. The van der Waals surface area contributed by atoms with Crippen LogP contribution in [0.4, 0.5) is 5.69 Å². The van der Waals surface area contributed by atoms with Crippen molar-refractivity contribution in [2.75, 3.05) is 11.8 Å². The molecule has 3 aromatic rings. The van der Waals surface area contributed by atoms with Crippen LogP contribution in [0.25, 0.3) is 22.2 Å². The molecule has 1 unspecified atom stereocenters. The lowest BCUT2D eigenvalue weighted by Crippen LogP contribution is -2.04. The highest BCUT2D eigenvalue weighted by Crippen LogP contribution is 2.31. The molecule has 0 spiro atoms. The van der Waals surface area contributed by atoms with Gasteiger partial charge in [0.05, 0.1) is 12.8 Å². The molecule has 0 aliphatic carbocycles. The van der Waals surface area contributed by atoms with E-state index in [0.717, 1.165) is 22.2 Å². The maximum absolute atomic E-state index is 10.9. The van der Waals surface area contributed by atoms with Crippen molar-refractivity contribution in [2.24, 2.45) is 0 Å². The highest BCUT2D eigenvalue weighted by Gasteiger charge is 2.08. The fourth-order valence-corrected chi connectivity index (χ4v) is 2.61. The third-order valence-corrected chi connectivity index (χ3v) is 3.62. The molecule has 0 aliphatic rings. The summed E-state index contributed by atoms with van der Waals surface area (Å²) < 4.78 is 29.2. The van der Waals surface area contributed by atoms with Crippen LogP contribution in [-0.2, 0) is 11.3 Å². The fraction of sp³-hybridized carbons (Fsp3) is 0.0667. The van der Waals surface area contributed by atoms with Gasteiger partial charge in [-0.15, -0.1) is 0 Å². The Bertz CT molecular complexity index is 781. The van der Waals surface area contributed by atoms with Crippen LogP contribution in [-0.4, -0.2) is 20.9 Å². The second-order valence-electron chi connectivity index (χ2n) is 4.52. The Morgan fingerprint density at radius 1 is 1.19 bits per heavy atom. The number of para-hydroxylation sites is 1. The normalized spacial score (nSPS) is 12.3. The van der Waals surface area contributed by atoms with E-state index in [2.05, 4.69) is 9.71 Å². The standard InChI is InChI=1S/C15H14N2O3S/c1-20-15-7-6-11(9-14(15)17-21(18)19)13-8-10-4-2-3-5-12(10)16-13/h2-9,16-17H,1H3,(H,18,19)/p-1. The summed E-state index contributed by atoms with van der Waals surface area (Å²) in [5, 5.41) is 1.10. The molecule has 0 amide bonds. The quantitative estimate of drug-likeness (QED) is 0.727. The monoisotopic (exact) mass is 301 g/mol. The molecule has 21 heavy (non-hydrogen) atoms. The number of nitrogens with one attached hydrogen (secondary N) is 2. The van der Waals surface area contributed by atoms with Crippen molar-refractivity contribution in [1.82, 2.24) is 4.98 Å². The van der Waals surface area contributed by atoms with Crippen LogP contribution in [0.15, 0.2) is 48.5 Å². The van der Waals surface area contributed by atoms with Gasteiger partial charge < -0.3 is 19.0 Å². The highest BCUT2D eigenvalue weighted by molar-refractivity contribution is 7.80. The van der Waals surface area contributed by atoms with E-state index in [1.807, 2.05) is 36.4 Å². The molecule has 0 fully saturated rings. The Labute approximate surface area is 124 Å². The van der Waals surface area contributed by atoms with E-state index < -0.39 is 11.3 Å². The second-order valence-corrected chi connectivity index (χ2v) is 5.20. The summed E-state index contributed by atoms with van der Waals surface area (Å²) in [5.74, 6) is 0.471.